The van der Waals surface area contributed by atoms with Crippen LogP contribution in [0.2, 0.25) is 10.0 Å². The number of hydrogen-bond donors (Lipinski definition) is 1. The van der Waals surface area contributed by atoms with Gasteiger partial charge in [0.2, 0.25) is 5.95 Å². The number of fused-ring (bicyclic) bond motifs is 1. The normalized spacial score (nSPS) is 14.3. The average molecular weight is 469 g/mol. The molecule has 164 valence electrons. The summed E-state index contributed by atoms with van der Waals surface area (Å²) in [5.74, 6) is 0.739. The summed E-state index contributed by atoms with van der Waals surface area (Å²) >= 11 is 12.5. The number of nitrogens with one attached hydrogen (secondary N) is 1. The zero-order valence-corrected chi connectivity index (χ0v) is 19.1. The third-order valence-electron chi connectivity index (χ3n) is 5.86. The van der Waals surface area contributed by atoms with Crippen LogP contribution in [0.25, 0.3) is 22.0 Å². The van der Waals surface area contributed by atoms with Crippen molar-refractivity contribution in [3.05, 3.63) is 74.8 Å². The van der Waals surface area contributed by atoms with Gasteiger partial charge in [-0.25, -0.2) is 9.97 Å². The molecule has 4 aromatic rings. The predicted molar refractivity (Wildman–Crippen MR) is 129 cm³/mol. The zero-order valence-electron chi connectivity index (χ0n) is 17.6. The van der Waals surface area contributed by atoms with Crippen molar-refractivity contribution in [2.75, 3.05) is 31.1 Å². The van der Waals surface area contributed by atoms with E-state index < -0.39 is 0 Å². The lowest BCUT2D eigenvalue weighted by Crippen LogP contribution is -2.44. The molecule has 9 heteroatoms. The van der Waals surface area contributed by atoms with E-state index in [1.54, 1.807) is 23.9 Å². The molecule has 1 aliphatic rings. The Balaban J connectivity index is 1.52. The number of benzene rings is 2. The first-order valence-electron chi connectivity index (χ1n) is 10.4. The quantitative estimate of drug-likeness (QED) is 0.495. The van der Waals surface area contributed by atoms with Crippen molar-refractivity contribution >= 4 is 40.1 Å². The molecule has 1 fully saturated rings. The highest BCUT2D eigenvalue weighted by Crippen LogP contribution is 2.26. The van der Waals surface area contributed by atoms with Crippen molar-refractivity contribution < 1.29 is 0 Å². The van der Waals surface area contributed by atoms with E-state index in [1.807, 2.05) is 41.3 Å². The fourth-order valence-electron chi connectivity index (χ4n) is 4.07. The zero-order chi connectivity index (χ0) is 22.2. The molecule has 0 saturated carbocycles. The second-order valence-corrected chi connectivity index (χ2v) is 8.71. The molecule has 5 rings (SSSR count). The summed E-state index contributed by atoms with van der Waals surface area (Å²) in [6.45, 7) is 4.09. The first-order valence-corrected chi connectivity index (χ1v) is 11.2. The smallest absolute Gasteiger partial charge is 0.274 e. The standard InChI is InChI=1S/C23H22Cl2N6O/c1-29-22(32)19-4-2-15(17-12-27-23(28-13-17)30-8-6-26-7-9-30)11-21(19)31(29)14-16-10-18(24)3-5-20(16)25/h2-5,10-13,26H,6-9,14H2,1H3. The summed E-state index contributed by atoms with van der Waals surface area (Å²) in [4.78, 5) is 24.1. The Morgan fingerprint density at radius 1 is 1.00 bits per heavy atom. The third-order valence-corrected chi connectivity index (χ3v) is 6.47. The van der Waals surface area contributed by atoms with Crippen LogP contribution in [0.15, 0.2) is 53.6 Å². The largest absolute Gasteiger partial charge is 0.338 e. The van der Waals surface area contributed by atoms with Gasteiger partial charge in [-0.15, -0.1) is 0 Å². The van der Waals surface area contributed by atoms with Gasteiger partial charge in [0.25, 0.3) is 5.56 Å². The monoisotopic (exact) mass is 468 g/mol. The highest BCUT2D eigenvalue weighted by atomic mass is 35.5. The SMILES string of the molecule is Cn1c(=O)c2ccc(-c3cnc(N4CCNCC4)nc3)cc2n1Cc1cc(Cl)ccc1Cl. The van der Waals surface area contributed by atoms with E-state index in [-0.39, 0.29) is 5.56 Å². The summed E-state index contributed by atoms with van der Waals surface area (Å²) in [6.07, 6.45) is 3.68. The van der Waals surface area contributed by atoms with Crippen LogP contribution in [0.5, 0.6) is 0 Å². The van der Waals surface area contributed by atoms with Crippen molar-refractivity contribution in [2.24, 2.45) is 7.05 Å². The fourth-order valence-corrected chi connectivity index (χ4v) is 4.44. The fraction of sp³-hybridized carbons (Fsp3) is 0.261. The molecule has 0 radical (unpaired) electrons. The number of anilines is 1. The van der Waals surface area contributed by atoms with Crippen LogP contribution >= 0.6 is 23.2 Å². The Morgan fingerprint density at radius 3 is 2.50 bits per heavy atom. The van der Waals surface area contributed by atoms with E-state index in [2.05, 4.69) is 20.2 Å². The lowest BCUT2D eigenvalue weighted by Gasteiger charge is -2.27. The topological polar surface area (TPSA) is 68.0 Å². The van der Waals surface area contributed by atoms with Gasteiger partial charge in [0.1, 0.15) is 0 Å². The van der Waals surface area contributed by atoms with Crippen molar-refractivity contribution in [2.45, 2.75) is 6.54 Å². The Kier molecular flexibility index (Phi) is 5.63. The van der Waals surface area contributed by atoms with Crippen molar-refractivity contribution in [1.29, 1.82) is 0 Å². The van der Waals surface area contributed by atoms with Gasteiger partial charge in [-0.1, -0.05) is 29.3 Å². The molecule has 2 aromatic carbocycles. The van der Waals surface area contributed by atoms with Crippen LogP contribution in [-0.4, -0.2) is 45.5 Å². The van der Waals surface area contributed by atoms with Gasteiger partial charge in [0, 0.05) is 61.2 Å². The van der Waals surface area contributed by atoms with Crippen LogP contribution in [0.1, 0.15) is 5.56 Å². The third kappa shape index (κ3) is 3.88. The lowest BCUT2D eigenvalue weighted by atomic mass is 10.1. The van der Waals surface area contributed by atoms with Gasteiger partial charge in [0.15, 0.2) is 0 Å². The first kappa shape index (κ1) is 21.0. The molecule has 0 aliphatic carbocycles. The first-order chi connectivity index (χ1) is 15.5. The van der Waals surface area contributed by atoms with Gasteiger partial charge >= 0.3 is 0 Å². The Morgan fingerprint density at radius 2 is 1.75 bits per heavy atom. The molecule has 0 atom stereocenters. The number of nitrogens with zero attached hydrogens (tertiary/aromatic N) is 5. The van der Waals surface area contributed by atoms with Gasteiger partial charge in [-0.05, 0) is 41.5 Å². The maximum atomic E-state index is 12.8. The van der Waals surface area contributed by atoms with Crippen LogP contribution in [0, 0.1) is 0 Å². The molecule has 32 heavy (non-hydrogen) atoms. The molecule has 0 amide bonds. The molecular formula is C23H22Cl2N6O. The van der Waals surface area contributed by atoms with Gasteiger partial charge < -0.3 is 10.2 Å². The minimum atomic E-state index is -0.0602. The van der Waals surface area contributed by atoms with E-state index in [4.69, 9.17) is 23.2 Å². The maximum Gasteiger partial charge on any atom is 0.274 e. The number of aromatic nitrogens is 4. The van der Waals surface area contributed by atoms with Crippen LogP contribution < -0.4 is 15.8 Å². The van der Waals surface area contributed by atoms with E-state index in [0.29, 0.717) is 22.0 Å². The molecule has 1 saturated heterocycles. The van der Waals surface area contributed by atoms with Crippen LogP contribution in [-0.2, 0) is 13.6 Å². The summed E-state index contributed by atoms with van der Waals surface area (Å²) in [5, 5.41) is 5.19. The van der Waals surface area contributed by atoms with Crippen molar-refractivity contribution in [3.63, 3.8) is 0 Å². The second kappa shape index (κ2) is 8.58. The molecule has 2 aromatic heterocycles. The van der Waals surface area contributed by atoms with Crippen LogP contribution in [0.3, 0.4) is 0 Å². The van der Waals surface area contributed by atoms with Gasteiger partial charge in [0.05, 0.1) is 17.4 Å². The van der Waals surface area contributed by atoms with E-state index in [9.17, 15) is 4.79 Å². The van der Waals surface area contributed by atoms with E-state index in [0.717, 1.165) is 54.3 Å². The molecule has 0 unspecified atom stereocenters. The molecule has 0 bridgehead atoms. The summed E-state index contributed by atoms with van der Waals surface area (Å²) < 4.78 is 3.52. The molecule has 7 nitrogen and oxygen atoms in total. The summed E-state index contributed by atoms with van der Waals surface area (Å²) in [7, 11) is 1.76. The molecule has 1 aliphatic heterocycles. The highest BCUT2D eigenvalue weighted by molar-refractivity contribution is 6.33. The molecule has 1 N–H and O–H groups in total. The predicted octanol–water partition coefficient (Wildman–Crippen LogP) is 3.56. The number of piperazine rings is 1. The summed E-state index contributed by atoms with van der Waals surface area (Å²) in [5.41, 5.74) is 3.45. The number of rotatable bonds is 4. The Hall–Kier alpha value is -2.87. The van der Waals surface area contributed by atoms with Gasteiger partial charge in [-0.2, -0.15) is 0 Å². The maximum absolute atomic E-state index is 12.8. The number of halogens is 2. The molecule has 3 heterocycles. The molecule has 0 spiro atoms. The van der Waals surface area contributed by atoms with E-state index >= 15 is 0 Å². The van der Waals surface area contributed by atoms with Crippen LogP contribution in [0.4, 0.5) is 5.95 Å². The Labute approximate surface area is 195 Å². The van der Waals surface area contributed by atoms with Crippen molar-refractivity contribution in [3.8, 4) is 11.1 Å². The highest BCUT2D eigenvalue weighted by Gasteiger charge is 2.16. The molecular weight excluding hydrogens is 447 g/mol. The average Bonchev–Trinajstić information content (AvgIpc) is 3.06. The second-order valence-electron chi connectivity index (χ2n) is 7.86. The summed E-state index contributed by atoms with van der Waals surface area (Å²) in [6, 6.07) is 11.1. The lowest BCUT2D eigenvalue weighted by molar-refractivity contribution is 0.554. The minimum absolute atomic E-state index is 0.0602. The Bertz CT molecular complexity index is 1340. The van der Waals surface area contributed by atoms with Gasteiger partial charge in [-0.3, -0.25) is 14.2 Å². The number of hydrogen-bond acceptors (Lipinski definition) is 5. The minimum Gasteiger partial charge on any atom is -0.338 e. The van der Waals surface area contributed by atoms with Crippen molar-refractivity contribution in [1.82, 2.24) is 24.6 Å². The van der Waals surface area contributed by atoms with E-state index in [1.165, 1.54) is 0 Å².